The predicted molar refractivity (Wildman–Crippen MR) is 67.9 cm³/mol. The highest BCUT2D eigenvalue weighted by Crippen LogP contribution is 2.28. The molecule has 3 rings (SSSR count). The summed E-state index contributed by atoms with van der Waals surface area (Å²) in [7, 11) is 0. The fourth-order valence-electron chi connectivity index (χ4n) is 2.15. The van der Waals surface area contributed by atoms with E-state index >= 15 is 0 Å². The second-order valence-corrected chi connectivity index (χ2v) is 4.07. The van der Waals surface area contributed by atoms with Crippen molar-refractivity contribution in [2.24, 2.45) is 0 Å². The smallest absolute Gasteiger partial charge is 0.337 e. The van der Waals surface area contributed by atoms with Crippen LogP contribution in [0.1, 0.15) is 10.4 Å². The number of carboxylic acids is 1. The molecule has 94 valence electrons. The van der Waals surface area contributed by atoms with Crippen LogP contribution in [-0.2, 0) is 0 Å². The summed E-state index contributed by atoms with van der Waals surface area (Å²) in [6, 6.07) is 11.2. The average molecular weight is 257 g/mol. The van der Waals surface area contributed by atoms with Crippen LogP contribution in [0.3, 0.4) is 0 Å². The number of nitrogens with zero attached hydrogens (tertiary/aromatic N) is 1. The summed E-state index contributed by atoms with van der Waals surface area (Å²) in [5.41, 5.74) is 1.16. The third kappa shape index (κ3) is 1.76. The second-order valence-electron chi connectivity index (χ2n) is 4.07. The van der Waals surface area contributed by atoms with Crippen molar-refractivity contribution >= 4 is 27.8 Å². The van der Waals surface area contributed by atoms with Crippen LogP contribution < -0.4 is 4.94 Å². The van der Waals surface area contributed by atoms with Gasteiger partial charge in [-0.2, -0.15) is 0 Å². The van der Waals surface area contributed by atoms with Gasteiger partial charge in [0.2, 0.25) is 0 Å². The van der Waals surface area contributed by atoms with Crippen molar-refractivity contribution in [3.05, 3.63) is 48.0 Å². The van der Waals surface area contributed by atoms with Gasteiger partial charge in [0.25, 0.3) is 0 Å². The summed E-state index contributed by atoms with van der Waals surface area (Å²) in [6.45, 7) is 0. The van der Waals surface area contributed by atoms with Crippen molar-refractivity contribution < 1.29 is 19.4 Å². The van der Waals surface area contributed by atoms with Gasteiger partial charge in [0.05, 0.1) is 16.6 Å². The highest BCUT2D eigenvalue weighted by molar-refractivity contribution is 6.13. The van der Waals surface area contributed by atoms with Crippen LogP contribution >= 0.6 is 0 Å². The van der Waals surface area contributed by atoms with E-state index in [2.05, 4.69) is 9.93 Å². The van der Waals surface area contributed by atoms with Crippen molar-refractivity contribution in [3.8, 4) is 5.75 Å². The third-order valence-corrected chi connectivity index (χ3v) is 2.95. The van der Waals surface area contributed by atoms with E-state index in [4.69, 9.17) is 0 Å². The van der Waals surface area contributed by atoms with Crippen molar-refractivity contribution in [2.45, 2.75) is 0 Å². The Kier molecular flexibility index (Phi) is 2.52. The van der Waals surface area contributed by atoms with Crippen molar-refractivity contribution in [1.82, 2.24) is 4.98 Å². The van der Waals surface area contributed by atoms with Gasteiger partial charge in [-0.1, -0.05) is 18.2 Å². The van der Waals surface area contributed by atoms with Gasteiger partial charge in [-0.3, -0.25) is 4.94 Å². The Morgan fingerprint density at radius 2 is 1.84 bits per heavy atom. The highest BCUT2D eigenvalue weighted by atomic mass is 19.3. The Labute approximate surface area is 107 Å². The SMILES string of the molecule is O=C(O)c1c2ccccc2nc2ccc(OF)cc12. The van der Waals surface area contributed by atoms with Crippen LogP contribution in [0.5, 0.6) is 5.75 Å². The third-order valence-electron chi connectivity index (χ3n) is 2.95. The number of pyridine rings is 1. The van der Waals surface area contributed by atoms with Gasteiger partial charge >= 0.3 is 5.97 Å². The molecule has 0 bridgehead atoms. The first-order chi connectivity index (χ1) is 9.20. The lowest BCUT2D eigenvalue weighted by Crippen LogP contribution is -2.00. The number of aromatic nitrogens is 1. The molecule has 2 aromatic carbocycles. The molecule has 0 fully saturated rings. The van der Waals surface area contributed by atoms with Gasteiger partial charge in [-0.15, -0.1) is 0 Å². The molecule has 0 amide bonds. The monoisotopic (exact) mass is 257 g/mol. The molecule has 4 nitrogen and oxygen atoms in total. The van der Waals surface area contributed by atoms with Crippen molar-refractivity contribution in [2.75, 3.05) is 0 Å². The van der Waals surface area contributed by atoms with Crippen LogP contribution in [0.15, 0.2) is 42.5 Å². The van der Waals surface area contributed by atoms with Crippen molar-refractivity contribution in [3.63, 3.8) is 0 Å². The van der Waals surface area contributed by atoms with Gasteiger partial charge in [0.15, 0.2) is 5.75 Å². The first kappa shape index (κ1) is 11.4. The zero-order valence-electron chi connectivity index (χ0n) is 9.63. The summed E-state index contributed by atoms with van der Waals surface area (Å²) < 4.78 is 12.2. The lowest BCUT2D eigenvalue weighted by molar-refractivity contribution is -0.00604. The van der Waals surface area contributed by atoms with Gasteiger partial charge in [0, 0.05) is 15.3 Å². The fourth-order valence-corrected chi connectivity index (χ4v) is 2.15. The van der Waals surface area contributed by atoms with Crippen molar-refractivity contribution in [1.29, 1.82) is 0 Å². The molecule has 0 aliphatic carbocycles. The molecular formula is C14H8FNO3. The lowest BCUT2D eigenvalue weighted by atomic mass is 10.0. The molecule has 1 heterocycles. The second kappa shape index (κ2) is 4.20. The predicted octanol–water partition coefficient (Wildman–Crippen LogP) is 3.35. The molecule has 0 unspecified atom stereocenters. The van der Waals surface area contributed by atoms with Gasteiger partial charge < -0.3 is 5.11 Å². The minimum absolute atomic E-state index is 0.0490. The summed E-state index contributed by atoms with van der Waals surface area (Å²) >= 11 is 0. The number of halogens is 1. The number of fused-ring (bicyclic) bond motifs is 2. The van der Waals surface area contributed by atoms with Crippen LogP contribution in [0.2, 0.25) is 0 Å². The number of para-hydroxylation sites is 1. The standard InChI is InChI=1S/C14H8FNO3/c15-19-8-5-6-12-10(7-8)13(14(17)18)9-3-1-2-4-11(9)16-12/h1-7H,(H,17,18). The minimum atomic E-state index is -1.08. The molecule has 0 aliphatic heterocycles. The van der Waals surface area contributed by atoms with E-state index in [1.165, 1.54) is 18.2 Å². The van der Waals surface area contributed by atoms with Crippen LogP contribution in [0, 0.1) is 0 Å². The largest absolute Gasteiger partial charge is 0.478 e. The normalized spacial score (nSPS) is 10.8. The molecule has 5 heteroatoms. The Hall–Kier alpha value is -2.69. The van der Waals surface area contributed by atoms with Crippen LogP contribution in [-0.4, -0.2) is 16.1 Å². The highest BCUT2D eigenvalue weighted by Gasteiger charge is 2.15. The quantitative estimate of drug-likeness (QED) is 0.715. The molecule has 3 aromatic rings. The maximum Gasteiger partial charge on any atom is 0.337 e. The number of hydrogen-bond acceptors (Lipinski definition) is 3. The maximum absolute atomic E-state index is 12.2. The van der Waals surface area contributed by atoms with E-state index in [9.17, 15) is 14.4 Å². The molecule has 1 aromatic heterocycles. The Bertz CT molecular complexity index is 801. The van der Waals surface area contributed by atoms with E-state index < -0.39 is 5.97 Å². The van der Waals surface area contributed by atoms with Crippen LogP contribution in [0.4, 0.5) is 4.53 Å². The van der Waals surface area contributed by atoms with E-state index in [-0.39, 0.29) is 11.3 Å². The first-order valence-corrected chi connectivity index (χ1v) is 5.55. The van der Waals surface area contributed by atoms with Gasteiger partial charge in [0.1, 0.15) is 0 Å². The lowest BCUT2D eigenvalue weighted by Gasteiger charge is -2.07. The Morgan fingerprint density at radius 3 is 2.58 bits per heavy atom. The van der Waals surface area contributed by atoms with Crippen LogP contribution in [0.25, 0.3) is 21.8 Å². The molecule has 0 saturated carbocycles. The molecule has 1 N–H and O–H groups in total. The Morgan fingerprint density at radius 1 is 1.11 bits per heavy atom. The number of hydrogen-bond donors (Lipinski definition) is 1. The zero-order valence-corrected chi connectivity index (χ0v) is 9.63. The minimum Gasteiger partial charge on any atom is -0.478 e. The molecular weight excluding hydrogens is 249 g/mol. The maximum atomic E-state index is 12.2. The summed E-state index contributed by atoms with van der Waals surface area (Å²) in [5, 5.41) is 10.2. The number of carbonyl (C=O) groups is 1. The molecule has 19 heavy (non-hydrogen) atoms. The summed E-state index contributed by atoms with van der Waals surface area (Å²) in [4.78, 5) is 19.5. The molecule has 0 saturated heterocycles. The topological polar surface area (TPSA) is 59.4 Å². The zero-order chi connectivity index (χ0) is 13.4. The van der Waals surface area contributed by atoms with E-state index in [1.807, 2.05) is 0 Å². The average Bonchev–Trinajstić information content (AvgIpc) is 2.43. The number of rotatable bonds is 2. The molecule has 0 atom stereocenters. The van der Waals surface area contributed by atoms with Gasteiger partial charge in [-0.25, -0.2) is 9.78 Å². The Balaban J connectivity index is 2.52. The number of carboxylic acid groups (broad SMARTS) is 1. The van der Waals surface area contributed by atoms with E-state index in [0.717, 1.165) is 0 Å². The number of benzene rings is 2. The molecule has 0 radical (unpaired) electrons. The van der Waals surface area contributed by atoms with E-state index in [0.29, 0.717) is 21.8 Å². The first-order valence-electron chi connectivity index (χ1n) is 5.55. The fraction of sp³-hybridized carbons (Fsp3) is 0. The molecule has 0 aliphatic rings. The summed E-state index contributed by atoms with van der Waals surface area (Å²) in [6.07, 6.45) is 0. The van der Waals surface area contributed by atoms with Gasteiger partial charge in [-0.05, 0) is 24.3 Å². The number of aromatic carboxylic acids is 1. The molecule has 0 spiro atoms. The summed E-state index contributed by atoms with van der Waals surface area (Å²) in [5.74, 6) is -1.13. The van der Waals surface area contributed by atoms with E-state index in [1.54, 1.807) is 24.3 Å².